The summed E-state index contributed by atoms with van der Waals surface area (Å²) in [6.45, 7) is 7.26. The molecule has 1 saturated heterocycles. The topological polar surface area (TPSA) is 119 Å². The van der Waals surface area contributed by atoms with E-state index in [1.807, 2.05) is 50.3 Å². The van der Waals surface area contributed by atoms with E-state index in [0.717, 1.165) is 16.8 Å². The van der Waals surface area contributed by atoms with Crippen molar-refractivity contribution in [3.63, 3.8) is 0 Å². The van der Waals surface area contributed by atoms with Crippen LogP contribution in [0.5, 0.6) is 0 Å². The van der Waals surface area contributed by atoms with Crippen molar-refractivity contribution in [3.05, 3.63) is 59.7 Å². The first-order chi connectivity index (χ1) is 16.5. The van der Waals surface area contributed by atoms with E-state index in [1.165, 1.54) is 6.92 Å². The van der Waals surface area contributed by atoms with E-state index in [2.05, 4.69) is 5.32 Å². The molecule has 9 heteroatoms. The number of carbonyl (C=O) groups excluding carboxylic acids is 2. The summed E-state index contributed by atoms with van der Waals surface area (Å²) in [5, 5.41) is 21.8. The lowest BCUT2D eigenvalue weighted by molar-refractivity contribution is -0.146. The molecule has 4 rings (SSSR count). The number of carbonyl (C=O) groups is 2. The summed E-state index contributed by atoms with van der Waals surface area (Å²) in [5.41, 5.74) is 1.42. The van der Waals surface area contributed by atoms with Gasteiger partial charge in [-0.1, -0.05) is 37.3 Å². The number of hydrogen-bond acceptors (Lipinski definition) is 6. The predicted octanol–water partition coefficient (Wildman–Crippen LogP) is 2.73. The molecule has 2 aromatic carbocycles. The molecule has 0 saturated carbocycles. The Bertz CT molecular complexity index is 1120. The van der Waals surface area contributed by atoms with Crippen LogP contribution in [-0.2, 0) is 26.5 Å². The zero-order valence-electron chi connectivity index (χ0n) is 20.6. The van der Waals surface area contributed by atoms with Crippen molar-refractivity contribution in [2.24, 2.45) is 5.92 Å². The SMILES string of the molecule is C[C@H](O)C(=O)Nc1cccc(CN2C(=O)[C@@]3(O[C@@H](CCO)[C@H]([Si](C)(C)O)[C@H]3C)c3ccccc32)c1. The summed E-state index contributed by atoms with van der Waals surface area (Å²) in [6.07, 6.45) is -1.20. The standard InChI is InChI=1S/C26H34N2O6Si/c1-16-23(35(3,4)33)22(12-13-29)34-26(16)20-10-5-6-11-21(20)28(25(26)32)15-18-8-7-9-19(14-18)27-24(31)17(2)30/h5-11,14,16-17,22-23,29-30,33H,12-13,15H2,1-4H3,(H,27,31)/t16-,17+,22+,23-,26+/m1/s1. The third-order valence-electron chi connectivity index (χ3n) is 7.22. The average Bonchev–Trinajstić information content (AvgIpc) is 3.21. The molecule has 0 aromatic heterocycles. The van der Waals surface area contributed by atoms with Crippen LogP contribution in [0.2, 0.25) is 18.6 Å². The molecule has 4 N–H and O–H groups in total. The summed E-state index contributed by atoms with van der Waals surface area (Å²) >= 11 is 0. The number of rotatable bonds is 7. The van der Waals surface area contributed by atoms with Gasteiger partial charge in [-0.05, 0) is 50.2 Å². The van der Waals surface area contributed by atoms with Crippen LogP contribution in [0.25, 0.3) is 0 Å². The van der Waals surface area contributed by atoms with Gasteiger partial charge in [-0.15, -0.1) is 0 Å². The third kappa shape index (κ3) is 4.43. The molecule has 8 nitrogen and oxygen atoms in total. The highest BCUT2D eigenvalue weighted by atomic mass is 28.4. The summed E-state index contributed by atoms with van der Waals surface area (Å²) < 4.78 is 6.55. The maximum Gasteiger partial charge on any atom is 0.264 e. The Kier molecular flexibility index (Phi) is 6.91. The largest absolute Gasteiger partial charge is 0.432 e. The third-order valence-corrected chi connectivity index (χ3v) is 9.72. The lowest BCUT2D eigenvalue weighted by Gasteiger charge is -2.32. The molecule has 0 unspecified atom stereocenters. The van der Waals surface area contributed by atoms with Crippen LogP contribution in [-0.4, -0.2) is 54.0 Å². The molecule has 1 fully saturated rings. The van der Waals surface area contributed by atoms with Crippen LogP contribution in [0.1, 0.15) is 31.4 Å². The molecule has 2 aliphatic rings. The van der Waals surface area contributed by atoms with Crippen LogP contribution in [0, 0.1) is 5.92 Å². The zero-order valence-corrected chi connectivity index (χ0v) is 21.6. The highest BCUT2D eigenvalue weighted by Crippen LogP contribution is 2.59. The Morgan fingerprint density at radius 3 is 2.60 bits per heavy atom. The fraction of sp³-hybridized carbons (Fsp3) is 0.462. The first kappa shape index (κ1) is 25.5. The highest BCUT2D eigenvalue weighted by Gasteiger charge is 2.65. The number of para-hydroxylation sites is 1. The highest BCUT2D eigenvalue weighted by molar-refractivity contribution is 6.71. The van der Waals surface area contributed by atoms with Gasteiger partial charge in [0.2, 0.25) is 0 Å². The minimum atomic E-state index is -2.73. The summed E-state index contributed by atoms with van der Waals surface area (Å²) in [7, 11) is -2.73. The lowest BCUT2D eigenvalue weighted by atomic mass is 9.82. The van der Waals surface area contributed by atoms with Gasteiger partial charge in [0.1, 0.15) is 6.10 Å². The van der Waals surface area contributed by atoms with Gasteiger partial charge < -0.3 is 30.0 Å². The number of hydrogen-bond donors (Lipinski definition) is 4. The van der Waals surface area contributed by atoms with Gasteiger partial charge in [-0.2, -0.15) is 0 Å². The van der Waals surface area contributed by atoms with Gasteiger partial charge in [0.25, 0.3) is 11.8 Å². The number of aliphatic hydroxyl groups excluding tert-OH is 2. The minimum absolute atomic E-state index is 0.0844. The van der Waals surface area contributed by atoms with Crippen molar-refractivity contribution in [1.29, 1.82) is 0 Å². The molecule has 5 atom stereocenters. The quantitative estimate of drug-likeness (QED) is 0.436. The second kappa shape index (κ2) is 9.48. The number of fused-ring (bicyclic) bond motifs is 2. The van der Waals surface area contributed by atoms with Gasteiger partial charge in [-0.25, -0.2) is 0 Å². The zero-order chi connectivity index (χ0) is 25.5. The number of benzene rings is 2. The number of amides is 2. The average molecular weight is 499 g/mol. The Balaban J connectivity index is 1.70. The van der Waals surface area contributed by atoms with E-state index in [4.69, 9.17) is 4.74 Å². The second-order valence-electron chi connectivity index (χ2n) is 10.1. The Hall–Kier alpha value is -2.56. The number of anilines is 2. The van der Waals surface area contributed by atoms with Crippen LogP contribution < -0.4 is 10.2 Å². The number of nitrogens with one attached hydrogen (secondary N) is 1. The van der Waals surface area contributed by atoms with Crippen molar-refractivity contribution in [1.82, 2.24) is 0 Å². The van der Waals surface area contributed by atoms with Crippen molar-refractivity contribution in [2.45, 2.75) is 63.3 Å². The van der Waals surface area contributed by atoms with E-state index in [-0.39, 0.29) is 30.5 Å². The van der Waals surface area contributed by atoms with E-state index in [0.29, 0.717) is 12.1 Å². The van der Waals surface area contributed by atoms with Gasteiger partial charge in [0.15, 0.2) is 13.9 Å². The molecule has 0 radical (unpaired) electrons. The number of aliphatic hydroxyl groups is 2. The van der Waals surface area contributed by atoms with Crippen molar-refractivity contribution < 1.29 is 29.3 Å². The van der Waals surface area contributed by atoms with Gasteiger partial charge in [-0.3, -0.25) is 9.59 Å². The first-order valence-corrected chi connectivity index (χ1v) is 15.0. The predicted molar refractivity (Wildman–Crippen MR) is 135 cm³/mol. The van der Waals surface area contributed by atoms with Crippen molar-refractivity contribution in [3.8, 4) is 0 Å². The molecule has 0 bridgehead atoms. The molecule has 188 valence electrons. The van der Waals surface area contributed by atoms with Crippen LogP contribution in [0.4, 0.5) is 11.4 Å². The van der Waals surface area contributed by atoms with E-state index >= 15 is 0 Å². The lowest BCUT2D eigenvalue weighted by Crippen LogP contribution is -2.46. The molecular weight excluding hydrogens is 464 g/mol. The van der Waals surface area contributed by atoms with Gasteiger partial charge in [0, 0.05) is 29.3 Å². The summed E-state index contributed by atoms with van der Waals surface area (Å²) in [6, 6.07) is 14.7. The molecule has 2 amide bonds. The molecule has 2 aromatic rings. The van der Waals surface area contributed by atoms with Gasteiger partial charge in [0.05, 0.1) is 18.3 Å². The number of ether oxygens (including phenoxy) is 1. The second-order valence-corrected chi connectivity index (χ2v) is 14.1. The van der Waals surface area contributed by atoms with Crippen LogP contribution in [0.3, 0.4) is 0 Å². The maximum atomic E-state index is 14.1. The molecule has 35 heavy (non-hydrogen) atoms. The van der Waals surface area contributed by atoms with E-state index in [9.17, 15) is 24.6 Å². The summed E-state index contributed by atoms with van der Waals surface area (Å²) in [4.78, 5) is 38.9. The molecule has 2 heterocycles. The Morgan fingerprint density at radius 1 is 1.23 bits per heavy atom. The van der Waals surface area contributed by atoms with Crippen molar-refractivity contribution in [2.75, 3.05) is 16.8 Å². The molecule has 1 spiro atoms. The molecule has 2 aliphatic heterocycles. The normalized spacial score (nSPS) is 26.8. The Morgan fingerprint density at radius 2 is 1.94 bits per heavy atom. The number of nitrogens with zero attached hydrogens (tertiary/aromatic N) is 1. The van der Waals surface area contributed by atoms with Crippen LogP contribution in [0.15, 0.2) is 48.5 Å². The fourth-order valence-electron chi connectivity index (χ4n) is 5.76. The van der Waals surface area contributed by atoms with E-state index in [1.54, 1.807) is 23.1 Å². The summed E-state index contributed by atoms with van der Waals surface area (Å²) in [5.74, 6) is -0.969. The van der Waals surface area contributed by atoms with Crippen LogP contribution >= 0.6 is 0 Å². The monoisotopic (exact) mass is 498 g/mol. The van der Waals surface area contributed by atoms with Crippen molar-refractivity contribution >= 4 is 31.5 Å². The maximum absolute atomic E-state index is 14.1. The molecule has 0 aliphatic carbocycles. The smallest absolute Gasteiger partial charge is 0.264 e. The van der Waals surface area contributed by atoms with E-state index < -0.39 is 32.0 Å². The Labute approximate surface area is 206 Å². The molecular formula is C26H34N2O6Si. The first-order valence-electron chi connectivity index (χ1n) is 12.0. The fourth-order valence-corrected chi connectivity index (χ4v) is 8.37. The minimum Gasteiger partial charge on any atom is -0.432 e. The van der Waals surface area contributed by atoms with Gasteiger partial charge >= 0.3 is 0 Å².